The molecule has 0 spiro atoms. The van der Waals surface area contributed by atoms with Crippen LogP contribution in [0, 0.1) is 13.8 Å². The van der Waals surface area contributed by atoms with E-state index in [2.05, 4.69) is 5.32 Å². The summed E-state index contributed by atoms with van der Waals surface area (Å²) in [5.41, 5.74) is 1.94. The number of aliphatic hydroxyl groups is 1. The Balaban J connectivity index is 2.05. The van der Waals surface area contributed by atoms with Crippen molar-refractivity contribution < 1.29 is 14.3 Å². The van der Waals surface area contributed by atoms with Crippen molar-refractivity contribution in [1.82, 2.24) is 5.32 Å². The second-order valence-corrected chi connectivity index (χ2v) is 5.77. The van der Waals surface area contributed by atoms with Gasteiger partial charge in [-0.2, -0.15) is 0 Å². The molecule has 4 heteroatoms. The second-order valence-electron chi connectivity index (χ2n) is 5.77. The number of hydrogen-bond acceptors (Lipinski definition) is 3. The van der Waals surface area contributed by atoms with E-state index >= 15 is 0 Å². The van der Waals surface area contributed by atoms with Crippen LogP contribution in [0.4, 0.5) is 0 Å². The predicted octanol–water partition coefficient (Wildman–Crippen LogP) is 3.18. The van der Waals surface area contributed by atoms with E-state index in [1.807, 2.05) is 50.2 Å². The number of rotatable bonds is 6. The maximum atomic E-state index is 12.2. The summed E-state index contributed by atoms with van der Waals surface area (Å²) in [5.74, 6) is 0.950. The molecule has 2 N–H and O–H groups in total. The average Bonchev–Trinajstić information content (AvgIpc) is 2.82. The van der Waals surface area contributed by atoms with Crippen LogP contribution in [0.2, 0.25) is 0 Å². The van der Waals surface area contributed by atoms with Crippen LogP contribution >= 0.6 is 0 Å². The quantitative estimate of drug-likeness (QED) is 0.861. The molecule has 0 aliphatic carbocycles. The van der Waals surface area contributed by atoms with Crippen molar-refractivity contribution in [3.8, 4) is 0 Å². The van der Waals surface area contributed by atoms with E-state index in [-0.39, 0.29) is 11.8 Å². The standard InChI is InChI=1S/C18H23NO3/c1-12-9-14(3)22-17(12)18(21)19-11-16(10-13(2)20)15-7-5-4-6-8-15/h4-9,13,16,20H,10-11H2,1-3H3,(H,19,21). The lowest BCUT2D eigenvalue weighted by Gasteiger charge is -2.19. The summed E-state index contributed by atoms with van der Waals surface area (Å²) in [6, 6.07) is 11.8. The topological polar surface area (TPSA) is 62.5 Å². The van der Waals surface area contributed by atoms with Crippen LogP contribution in [-0.2, 0) is 0 Å². The molecule has 22 heavy (non-hydrogen) atoms. The van der Waals surface area contributed by atoms with Gasteiger partial charge < -0.3 is 14.8 Å². The maximum absolute atomic E-state index is 12.2. The highest BCUT2D eigenvalue weighted by Gasteiger charge is 2.18. The Labute approximate surface area is 131 Å². The van der Waals surface area contributed by atoms with E-state index < -0.39 is 6.10 Å². The minimum atomic E-state index is -0.422. The molecular weight excluding hydrogens is 278 g/mol. The molecule has 0 saturated carbocycles. The molecule has 1 amide bonds. The molecule has 1 aromatic heterocycles. The largest absolute Gasteiger partial charge is 0.456 e. The Kier molecular flexibility index (Phi) is 5.39. The van der Waals surface area contributed by atoms with E-state index in [1.54, 1.807) is 6.92 Å². The lowest BCUT2D eigenvalue weighted by molar-refractivity contribution is 0.0916. The van der Waals surface area contributed by atoms with Gasteiger partial charge in [0.2, 0.25) is 0 Å². The molecule has 2 aromatic rings. The molecule has 1 aromatic carbocycles. The molecule has 0 aliphatic heterocycles. The normalized spacial score (nSPS) is 13.6. The molecule has 4 nitrogen and oxygen atoms in total. The van der Waals surface area contributed by atoms with E-state index in [0.29, 0.717) is 18.7 Å². The average molecular weight is 301 g/mol. The molecule has 2 unspecified atom stereocenters. The van der Waals surface area contributed by atoms with Crippen molar-refractivity contribution in [2.45, 2.75) is 39.2 Å². The fourth-order valence-electron chi connectivity index (χ4n) is 2.64. The van der Waals surface area contributed by atoms with Gasteiger partial charge in [-0.1, -0.05) is 30.3 Å². The maximum Gasteiger partial charge on any atom is 0.287 e. The third kappa shape index (κ3) is 4.21. The summed E-state index contributed by atoms with van der Waals surface area (Å²) in [6.07, 6.45) is 0.176. The SMILES string of the molecule is Cc1cc(C)c(C(=O)NCC(CC(C)O)c2ccccc2)o1. The summed E-state index contributed by atoms with van der Waals surface area (Å²) in [5, 5.41) is 12.6. The summed E-state index contributed by atoms with van der Waals surface area (Å²) in [4.78, 5) is 12.2. The number of benzene rings is 1. The molecule has 0 fully saturated rings. The van der Waals surface area contributed by atoms with Crippen LogP contribution in [0.3, 0.4) is 0 Å². The smallest absolute Gasteiger partial charge is 0.287 e. The zero-order chi connectivity index (χ0) is 16.1. The Bertz CT molecular complexity index is 617. The highest BCUT2D eigenvalue weighted by molar-refractivity contribution is 5.92. The lowest BCUT2D eigenvalue weighted by atomic mass is 9.93. The summed E-state index contributed by atoms with van der Waals surface area (Å²) in [7, 11) is 0. The first-order valence-electron chi connectivity index (χ1n) is 7.55. The zero-order valence-electron chi connectivity index (χ0n) is 13.3. The van der Waals surface area contributed by atoms with Gasteiger partial charge in [0, 0.05) is 18.0 Å². The Morgan fingerprint density at radius 3 is 2.50 bits per heavy atom. The second kappa shape index (κ2) is 7.27. The van der Waals surface area contributed by atoms with Gasteiger partial charge in [0.15, 0.2) is 5.76 Å². The van der Waals surface area contributed by atoms with Gasteiger partial charge in [-0.25, -0.2) is 0 Å². The van der Waals surface area contributed by atoms with Crippen molar-refractivity contribution >= 4 is 5.91 Å². The Hall–Kier alpha value is -2.07. The summed E-state index contributed by atoms with van der Waals surface area (Å²) in [6.45, 7) is 5.91. The number of aliphatic hydroxyl groups excluding tert-OH is 1. The number of furan rings is 1. The Morgan fingerprint density at radius 2 is 1.95 bits per heavy atom. The van der Waals surface area contributed by atoms with Crippen LogP contribution in [0.25, 0.3) is 0 Å². The van der Waals surface area contributed by atoms with E-state index in [4.69, 9.17) is 4.42 Å². The van der Waals surface area contributed by atoms with Crippen LogP contribution in [0.5, 0.6) is 0 Å². The number of nitrogens with one attached hydrogen (secondary N) is 1. The van der Waals surface area contributed by atoms with Gasteiger partial charge in [0.1, 0.15) is 5.76 Å². The molecule has 0 bridgehead atoms. The first-order chi connectivity index (χ1) is 10.5. The molecule has 1 heterocycles. The summed E-state index contributed by atoms with van der Waals surface area (Å²) < 4.78 is 5.43. The fourth-order valence-corrected chi connectivity index (χ4v) is 2.64. The zero-order valence-corrected chi connectivity index (χ0v) is 13.3. The lowest BCUT2D eigenvalue weighted by Crippen LogP contribution is -2.29. The van der Waals surface area contributed by atoms with E-state index in [0.717, 1.165) is 16.9 Å². The van der Waals surface area contributed by atoms with Gasteiger partial charge in [-0.3, -0.25) is 4.79 Å². The van der Waals surface area contributed by atoms with Gasteiger partial charge >= 0.3 is 0 Å². The highest BCUT2D eigenvalue weighted by Crippen LogP contribution is 2.21. The first kappa shape index (κ1) is 16.3. The van der Waals surface area contributed by atoms with E-state index in [9.17, 15) is 9.90 Å². The highest BCUT2D eigenvalue weighted by atomic mass is 16.3. The van der Waals surface area contributed by atoms with Crippen molar-refractivity contribution in [3.63, 3.8) is 0 Å². The van der Waals surface area contributed by atoms with Crippen LogP contribution in [0.15, 0.2) is 40.8 Å². The summed E-state index contributed by atoms with van der Waals surface area (Å²) >= 11 is 0. The number of hydrogen-bond donors (Lipinski definition) is 2. The Morgan fingerprint density at radius 1 is 1.27 bits per heavy atom. The number of carbonyl (C=O) groups excluding carboxylic acids is 1. The van der Waals surface area contributed by atoms with Crippen molar-refractivity contribution in [3.05, 3.63) is 59.0 Å². The minimum Gasteiger partial charge on any atom is -0.456 e. The molecule has 0 radical (unpaired) electrons. The number of carbonyl (C=O) groups is 1. The third-order valence-corrected chi connectivity index (χ3v) is 3.65. The molecule has 2 atom stereocenters. The first-order valence-corrected chi connectivity index (χ1v) is 7.55. The van der Waals surface area contributed by atoms with Gasteiger partial charge in [-0.15, -0.1) is 0 Å². The van der Waals surface area contributed by atoms with Crippen molar-refractivity contribution in [2.24, 2.45) is 0 Å². The van der Waals surface area contributed by atoms with Crippen LogP contribution in [-0.4, -0.2) is 23.7 Å². The van der Waals surface area contributed by atoms with Crippen LogP contribution in [0.1, 0.15) is 46.7 Å². The molecule has 0 saturated heterocycles. The monoisotopic (exact) mass is 301 g/mol. The van der Waals surface area contributed by atoms with Gasteiger partial charge in [0.25, 0.3) is 5.91 Å². The molecule has 118 valence electrons. The van der Waals surface area contributed by atoms with Crippen LogP contribution < -0.4 is 5.32 Å². The molecular formula is C18H23NO3. The fraction of sp³-hybridized carbons (Fsp3) is 0.389. The van der Waals surface area contributed by atoms with Gasteiger partial charge in [0.05, 0.1) is 6.10 Å². The number of aryl methyl sites for hydroxylation is 2. The van der Waals surface area contributed by atoms with Crippen molar-refractivity contribution in [2.75, 3.05) is 6.54 Å². The predicted molar refractivity (Wildman–Crippen MR) is 86.0 cm³/mol. The van der Waals surface area contributed by atoms with Gasteiger partial charge in [-0.05, 0) is 38.8 Å². The third-order valence-electron chi connectivity index (χ3n) is 3.65. The molecule has 2 rings (SSSR count). The van der Waals surface area contributed by atoms with E-state index in [1.165, 1.54) is 0 Å². The van der Waals surface area contributed by atoms with Crippen molar-refractivity contribution in [1.29, 1.82) is 0 Å². The minimum absolute atomic E-state index is 0.0708. The number of amides is 1. The molecule has 0 aliphatic rings.